The summed E-state index contributed by atoms with van der Waals surface area (Å²) in [7, 11) is 0. The van der Waals surface area contributed by atoms with Crippen molar-refractivity contribution < 1.29 is 9.59 Å². The molecule has 1 rings (SSSR count). The van der Waals surface area contributed by atoms with E-state index in [2.05, 4.69) is 17.9 Å². The van der Waals surface area contributed by atoms with Gasteiger partial charge in [-0.1, -0.05) is 6.07 Å². The maximum atomic E-state index is 11.3. The molecule has 0 saturated heterocycles. The third kappa shape index (κ3) is 3.51. The Bertz CT molecular complexity index is 322. The predicted molar refractivity (Wildman–Crippen MR) is 59.6 cm³/mol. The van der Waals surface area contributed by atoms with Crippen LogP contribution in [0.4, 0.5) is 0 Å². The zero-order chi connectivity index (χ0) is 10.6. The minimum atomic E-state index is -0.522. The standard InChI is InChI=1S/C9H11NO2S2/c1-6(9(12)13)10-8(11)5-7-3-2-4-14-7/h2-4,6H,5H2,1H3,(H,10,11)(H,12,13). The lowest BCUT2D eigenvalue weighted by molar-refractivity contribution is -0.123. The van der Waals surface area contributed by atoms with E-state index in [-0.39, 0.29) is 11.0 Å². The molecule has 0 bridgehead atoms. The van der Waals surface area contributed by atoms with Gasteiger partial charge in [-0.05, 0) is 18.4 Å². The summed E-state index contributed by atoms with van der Waals surface area (Å²) in [6.07, 6.45) is 0.322. The molecule has 1 unspecified atom stereocenters. The number of amides is 1. The van der Waals surface area contributed by atoms with Gasteiger partial charge < -0.3 is 5.32 Å². The lowest BCUT2D eigenvalue weighted by atomic mass is 10.3. The van der Waals surface area contributed by atoms with E-state index in [1.54, 1.807) is 6.92 Å². The van der Waals surface area contributed by atoms with Gasteiger partial charge >= 0.3 is 0 Å². The van der Waals surface area contributed by atoms with Crippen molar-refractivity contribution in [1.29, 1.82) is 0 Å². The minimum Gasteiger partial charge on any atom is -0.345 e. The number of hydrogen-bond donors (Lipinski definition) is 2. The second kappa shape index (κ2) is 5.17. The van der Waals surface area contributed by atoms with Crippen molar-refractivity contribution in [2.75, 3.05) is 0 Å². The van der Waals surface area contributed by atoms with Gasteiger partial charge in [-0.25, -0.2) is 0 Å². The molecular weight excluding hydrogens is 218 g/mol. The van der Waals surface area contributed by atoms with Crippen LogP contribution in [0.1, 0.15) is 11.8 Å². The highest BCUT2D eigenvalue weighted by Crippen LogP contribution is 2.08. The van der Waals surface area contributed by atoms with Crippen LogP contribution in [-0.4, -0.2) is 17.1 Å². The highest BCUT2D eigenvalue weighted by molar-refractivity contribution is 7.96. The summed E-state index contributed by atoms with van der Waals surface area (Å²) in [5.41, 5.74) is 0. The zero-order valence-corrected chi connectivity index (χ0v) is 9.40. The zero-order valence-electron chi connectivity index (χ0n) is 7.69. The van der Waals surface area contributed by atoms with Gasteiger partial charge in [0.1, 0.15) is 0 Å². The average Bonchev–Trinajstić information content (AvgIpc) is 2.56. The third-order valence-electron chi connectivity index (χ3n) is 1.66. The van der Waals surface area contributed by atoms with Gasteiger partial charge in [0, 0.05) is 4.88 Å². The van der Waals surface area contributed by atoms with Crippen LogP contribution < -0.4 is 5.32 Å². The van der Waals surface area contributed by atoms with Gasteiger partial charge in [-0.3, -0.25) is 9.59 Å². The summed E-state index contributed by atoms with van der Waals surface area (Å²) in [5.74, 6) is -0.151. The van der Waals surface area contributed by atoms with Crippen LogP contribution in [0.5, 0.6) is 0 Å². The van der Waals surface area contributed by atoms with Crippen molar-refractivity contribution in [3.63, 3.8) is 0 Å². The Morgan fingerprint density at radius 3 is 2.86 bits per heavy atom. The molecule has 0 aliphatic carbocycles. The van der Waals surface area contributed by atoms with Gasteiger partial charge in [-0.15, -0.1) is 24.0 Å². The van der Waals surface area contributed by atoms with Gasteiger partial charge in [0.2, 0.25) is 11.0 Å². The number of nitrogens with one attached hydrogen (secondary N) is 1. The van der Waals surface area contributed by atoms with Crippen LogP contribution in [0.15, 0.2) is 17.5 Å². The topological polar surface area (TPSA) is 46.2 Å². The first-order valence-electron chi connectivity index (χ1n) is 4.14. The molecule has 1 aromatic rings. The van der Waals surface area contributed by atoms with Crippen molar-refractivity contribution in [3.05, 3.63) is 22.4 Å². The lowest BCUT2D eigenvalue weighted by Crippen LogP contribution is -2.37. The fourth-order valence-corrected chi connectivity index (χ4v) is 1.69. The lowest BCUT2D eigenvalue weighted by Gasteiger charge is -2.08. The first-order chi connectivity index (χ1) is 6.59. The molecule has 1 heterocycles. The van der Waals surface area contributed by atoms with Crippen molar-refractivity contribution in [3.8, 4) is 0 Å². The van der Waals surface area contributed by atoms with E-state index in [9.17, 15) is 9.59 Å². The van der Waals surface area contributed by atoms with Crippen molar-refractivity contribution in [2.45, 2.75) is 19.4 Å². The van der Waals surface area contributed by atoms with Crippen LogP contribution in [-0.2, 0) is 16.0 Å². The van der Waals surface area contributed by atoms with Crippen molar-refractivity contribution >= 4 is 35.0 Å². The highest BCUT2D eigenvalue weighted by Gasteiger charge is 2.12. The Hall–Kier alpha value is -0.810. The van der Waals surface area contributed by atoms with Gasteiger partial charge in [0.15, 0.2) is 0 Å². The van der Waals surface area contributed by atoms with Gasteiger partial charge in [0.25, 0.3) is 0 Å². The molecule has 1 amide bonds. The second-order valence-corrected chi connectivity index (χ2v) is 4.36. The molecule has 1 aromatic heterocycles. The number of carbonyl (C=O) groups excluding carboxylic acids is 2. The summed E-state index contributed by atoms with van der Waals surface area (Å²) in [6, 6.07) is 3.25. The quantitative estimate of drug-likeness (QED) is 0.763. The third-order valence-corrected chi connectivity index (χ3v) is 2.93. The Kier molecular flexibility index (Phi) is 4.16. The normalized spacial score (nSPS) is 12.1. The predicted octanol–water partition coefficient (Wildman–Crippen LogP) is 1.25. The van der Waals surface area contributed by atoms with E-state index < -0.39 is 6.04 Å². The summed E-state index contributed by atoms with van der Waals surface area (Å²) in [4.78, 5) is 23.1. The fraction of sp³-hybridized carbons (Fsp3) is 0.333. The number of rotatable bonds is 4. The monoisotopic (exact) mass is 229 g/mol. The Labute approximate surface area is 91.9 Å². The van der Waals surface area contributed by atoms with Gasteiger partial charge in [0.05, 0.1) is 12.5 Å². The van der Waals surface area contributed by atoms with E-state index in [0.717, 1.165) is 4.88 Å². The summed E-state index contributed by atoms with van der Waals surface area (Å²) in [6.45, 7) is 1.61. The SMILES string of the molecule is CC(NC(=O)Cc1cccs1)C(=O)S. The number of hydrogen-bond acceptors (Lipinski definition) is 3. The van der Waals surface area contributed by atoms with Gasteiger partial charge in [-0.2, -0.15) is 0 Å². The number of carbonyl (C=O) groups is 2. The molecule has 0 aliphatic rings. The molecule has 0 saturated carbocycles. The largest absolute Gasteiger partial charge is 0.345 e. The molecule has 0 radical (unpaired) electrons. The van der Waals surface area contributed by atoms with E-state index >= 15 is 0 Å². The van der Waals surface area contributed by atoms with E-state index in [4.69, 9.17) is 0 Å². The molecule has 76 valence electrons. The molecule has 3 nitrogen and oxygen atoms in total. The van der Waals surface area contributed by atoms with Crippen molar-refractivity contribution in [1.82, 2.24) is 5.32 Å². The average molecular weight is 229 g/mol. The first kappa shape index (κ1) is 11.3. The first-order valence-corrected chi connectivity index (χ1v) is 5.47. The summed E-state index contributed by atoms with van der Waals surface area (Å²) < 4.78 is 0. The van der Waals surface area contributed by atoms with Crippen LogP contribution >= 0.6 is 24.0 Å². The highest BCUT2D eigenvalue weighted by atomic mass is 32.1. The molecule has 1 N–H and O–H groups in total. The van der Waals surface area contributed by atoms with Crippen LogP contribution in [0.3, 0.4) is 0 Å². The molecule has 0 aliphatic heterocycles. The fourth-order valence-electron chi connectivity index (χ4n) is 0.926. The Morgan fingerprint density at radius 1 is 1.64 bits per heavy atom. The molecule has 1 atom stereocenters. The molecule has 0 aromatic carbocycles. The molecule has 0 spiro atoms. The minimum absolute atomic E-state index is 0.151. The molecule has 0 fully saturated rings. The Balaban J connectivity index is 2.40. The maximum absolute atomic E-state index is 11.3. The number of thiophene rings is 1. The smallest absolute Gasteiger partial charge is 0.225 e. The van der Waals surface area contributed by atoms with Crippen LogP contribution in [0.2, 0.25) is 0 Å². The van der Waals surface area contributed by atoms with E-state index in [0.29, 0.717) is 6.42 Å². The van der Waals surface area contributed by atoms with Crippen LogP contribution in [0.25, 0.3) is 0 Å². The number of thiol groups is 1. The summed E-state index contributed by atoms with van der Waals surface area (Å²) in [5, 5.41) is 4.14. The van der Waals surface area contributed by atoms with E-state index in [1.165, 1.54) is 11.3 Å². The Morgan fingerprint density at radius 2 is 2.36 bits per heavy atom. The maximum Gasteiger partial charge on any atom is 0.225 e. The van der Waals surface area contributed by atoms with Crippen LogP contribution in [0, 0.1) is 0 Å². The molecule has 14 heavy (non-hydrogen) atoms. The van der Waals surface area contributed by atoms with Crippen molar-refractivity contribution in [2.24, 2.45) is 0 Å². The molecular formula is C9H11NO2S2. The molecule has 5 heteroatoms. The second-order valence-electron chi connectivity index (χ2n) is 2.88. The van der Waals surface area contributed by atoms with E-state index in [1.807, 2.05) is 17.5 Å². The summed E-state index contributed by atoms with van der Waals surface area (Å²) >= 11 is 5.15.